The molecule has 0 radical (unpaired) electrons. The molecule has 5 heteroatoms. The smallest absolute Gasteiger partial charge is 0.245 e. The van der Waals surface area contributed by atoms with Crippen LogP contribution in [0.2, 0.25) is 0 Å². The minimum atomic E-state index is -0.0670. The molecule has 0 saturated heterocycles. The lowest BCUT2D eigenvalue weighted by Crippen LogP contribution is -2.18. The van der Waals surface area contributed by atoms with Crippen molar-refractivity contribution < 1.29 is 4.79 Å². The number of carbonyl (C=O) groups excluding carboxylic acids is 1. The first kappa shape index (κ1) is 11.0. The van der Waals surface area contributed by atoms with Crippen LogP contribution in [0.1, 0.15) is 5.56 Å². The molecular weight excluding hydrogens is 192 g/mol. The predicted molar refractivity (Wildman–Crippen MR) is 54.8 cm³/mol. The molecule has 78 valence electrons. The highest BCUT2D eigenvalue weighted by atomic mass is 16.2. The van der Waals surface area contributed by atoms with Gasteiger partial charge >= 0.3 is 0 Å². The quantitative estimate of drug-likeness (QED) is 0.669. The van der Waals surface area contributed by atoms with E-state index in [9.17, 15) is 4.79 Å². The Morgan fingerprint density at radius 1 is 1.73 bits per heavy atom. The first-order valence-electron chi connectivity index (χ1n) is 4.44. The van der Waals surface area contributed by atoms with Gasteiger partial charge in [0.25, 0.3) is 0 Å². The summed E-state index contributed by atoms with van der Waals surface area (Å²) >= 11 is 0. The molecule has 0 aliphatic rings. The maximum atomic E-state index is 11.2. The van der Waals surface area contributed by atoms with Crippen LogP contribution >= 0.6 is 0 Å². The molecule has 0 spiro atoms. The normalized spacial score (nSPS) is 10.2. The average molecular weight is 204 g/mol. The van der Waals surface area contributed by atoms with Gasteiger partial charge in [0.1, 0.15) is 6.07 Å². The molecule has 15 heavy (non-hydrogen) atoms. The molecule has 0 aliphatic heterocycles. The fourth-order valence-corrected chi connectivity index (χ4v) is 0.932. The van der Waals surface area contributed by atoms with Gasteiger partial charge in [0.15, 0.2) is 0 Å². The van der Waals surface area contributed by atoms with E-state index in [1.54, 1.807) is 31.1 Å². The van der Waals surface area contributed by atoms with Crippen molar-refractivity contribution in [2.45, 2.75) is 6.54 Å². The number of hydrogen-bond donors (Lipinski definition) is 0. The predicted octanol–water partition coefficient (Wildman–Crippen LogP) is 0.399. The molecule has 5 nitrogen and oxygen atoms in total. The summed E-state index contributed by atoms with van der Waals surface area (Å²) in [7, 11) is 3.38. The number of nitriles is 1. The van der Waals surface area contributed by atoms with Crippen molar-refractivity contribution >= 4 is 5.91 Å². The van der Waals surface area contributed by atoms with Crippen LogP contribution in [-0.2, 0) is 11.3 Å². The number of carbonyl (C=O) groups is 1. The Kier molecular flexibility index (Phi) is 3.63. The zero-order valence-corrected chi connectivity index (χ0v) is 8.71. The van der Waals surface area contributed by atoms with E-state index in [2.05, 4.69) is 5.10 Å². The largest absolute Gasteiger partial charge is 0.345 e. The molecule has 1 aromatic heterocycles. The first-order valence-corrected chi connectivity index (χ1v) is 4.44. The molecule has 0 bridgehead atoms. The van der Waals surface area contributed by atoms with Gasteiger partial charge in [-0.3, -0.25) is 9.48 Å². The molecule has 0 saturated carbocycles. The van der Waals surface area contributed by atoms with Crippen LogP contribution in [0.25, 0.3) is 0 Å². The maximum Gasteiger partial charge on any atom is 0.245 e. The van der Waals surface area contributed by atoms with Crippen LogP contribution in [0, 0.1) is 11.3 Å². The van der Waals surface area contributed by atoms with E-state index < -0.39 is 0 Å². The summed E-state index contributed by atoms with van der Waals surface area (Å²) in [5.74, 6) is -0.0670. The molecule has 1 aromatic rings. The van der Waals surface area contributed by atoms with Crippen molar-refractivity contribution in [3.8, 4) is 6.07 Å². The number of allylic oxidation sites excluding steroid dienone is 1. The van der Waals surface area contributed by atoms with Gasteiger partial charge in [-0.2, -0.15) is 10.4 Å². The molecule has 1 amide bonds. The molecule has 0 fully saturated rings. The minimum absolute atomic E-state index is 0.0670. The lowest BCUT2D eigenvalue weighted by atomic mass is 10.4. The summed E-state index contributed by atoms with van der Waals surface area (Å²) in [4.78, 5) is 12.6. The van der Waals surface area contributed by atoms with Crippen molar-refractivity contribution in [3.63, 3.8) is 0 Å². The summed E-state index contributed by atoms with van der Waals surface area (Å²) in [5.41, 5.74) is 0.516. The Bertz CT molecular complexity index is 411. The second-order valence-electron chi connectivity index (χ2n) is 3.20. The molecule has 0 unspecified atom stereocenters. The summed E-state index contributed by atoms with van der Waals surface area (Å²) < 4.78 is 1.60. The number of amides is 1. The van der Waals surface area contributed by atoms with Crippen LogP contribution in [0.3, 0.4) is 0 Å². The van der Waals surface area contributed by atoms with Gasteiger partial charge in [-0.15, -0.1) is 0 Å². The number of nitrogens with zero attached hydrogens (tertiary/aromatic N) is 4. The summed E-state index contributed by atoms with van der Waals surface area (Å²) in [6.07, 6.45) is 6.30. The van der Waals surface area contributed by atoms with Gasteiger partial charge in [0, 0.05) is 26.4 Å². The fraction of sp³-hybridized carbons (Fsp3) is 0.300. The van der Waals surface area contributed by atoms with Crippen molar-refractivity contribution in [2.75, 3.05) is 14.1 Å². The Hall–Kier alpha value is -2.09. The standard InChI is InChI=1S/C10H12N4O/c1-13(2)10(15)4-3-5-14-8-9(6-11)7-12-14/h3-4,7-8H,5H2,1-2H3/b4-3+. The molecule has 1 heterocycles. The molecule has 0 atom stereocenters. The minimum Gasteiger partial charge on any atom is -0.345 e. The fourth-order valence-electron chi connectivity index (χ4n) is 0.932. The second-order valence-corrected chi connectivity index (χ2v) is 3.20. The number of likely N-dealkylation sites (N-methyl/N-ethyl adjacent to an activating group) is 1. The Morgan fingerprint density at radius 3 is 3.00 bits per heavy atom. The summed E-state index contributed by atoms with van der Waals surface area (Å²) in [6.45, 7) is 0.487. The SMILES string of the molecule is CN(C)C(=O)/C=C/Cn1cc(C#N)cn1. The lowest BCUT2D eigenvalue weighted by Gasteiger charge is -2.04. The average Bonchev–Trinajstić information content (AvgIpc) is 2.65. The van der Waals surface area contributed by atoms with E-state index in [1.807, 2.05) is 6.07 Å². The zero-order valence-electron chi connectivity index (χ0n) is 8.71. The van der Waals surface area contributed by atoms with Gasteiger partial charge in [0.2, 0.25) is 5.91 Å². The number of rotatable bonds is 3. The molecule has 0 aromatic carbocycles. The van der Waals surface area contributed by atoms with E-state index in [1.165, 1.54) is 17.2 Å². The van der Waals surface area contributed by atoms with Crippen molar-refractivity contribution in [1.29, 1.82) is 5.26 Å². The van der Waals surface area contributed by atoms with Gasteiger partial charge in [-0.25, -0.2) is 0 Å². The second kappa shape index (κ2) is 4.96. The topological polar surface area (TPSA) is 61.9 Å². The van der Waals surface area contributed by atoms with E-state index in [0.717, 1.165) is 0 Å². The van der Waals surface area contributed by atoms with Crippen molar-refractivity contribution in [1.82, 2.24) is 14.7 Å². The van der Waals surface area contributed by atoms with Crippen LogP contribution in [0.4, 0.5) is 0 Å². The third-order valence-corrected chi connectivity index (χ3v) is 1.76. The third-order valence-electron chi connectivity index (χ3n) is 1.76. The van der Waals surface area contributed by atoms with E-state index in [-0.39, 0.29) is 5.91 Å². The van der Waals surface area contributed by atoms with Crippen LogP contribution in [0.15, 0.2) is 24.5 Å². The van der Waals surface area contributed by atoms with E-state index >= 15 is 0 Å². The van der Waals surface area contributed by atoms with Gasteiger partial charge in [0.05, 0.1) is 18.3 Å². The van der Waals surface area contributed by atoms with Gasteiger partial charge < -0.3 is 4.90 Å². The van der Waals surface area contributed by atoms with Crippen molar-refractivity contribution in [2.24, 2.45) is 0 Å². The Balaban J connectivity index is 2.51. The summed E-state index contributed by atoms with van der Waals surface area (Å²) in [6, 6.07) is 1.98. The highest BCUT2D eigenvalue weighted by Gasteiger charge is 1.97. The highest BCUT2D eigenvalue weighted by Crippen LogP contribution is 1.95. The Labute approximate surface area is 88.2 Å². The van der Waals surface area contributed by atoms with E-state index in [0.29, 0.717) is 12.1 Å². The zero-order chi connectivity index (χ0) is 11.3. The van der Waals surface area contributed by atoms with Crippen LogP contribution < -0.4 is 0 Å². The highest BCUT2D eigenvalue weighted by molar-refractivity contribution is 5.86. The van der Waals surface area contributed by atoms with Gasteiger partial charge in [-0.05, 0) is 0 Å². The third kappa shape index (κ3) is 3.27. The molecule has 0 N–H and O–H groups in total. The number of aromatic nitrogens is 2. The summed E-state index contributed by atoms with van der Waals surface area (Å²) in [5, 5.41) is 12.5. The maximum absolute atomic E-state index is 11.2. The van der Waals surface area contributed by atoms with E-state index in [4.69, 9.17) is 5.26 Å². The molecular formula is C10H12N4O. The molecule has 1 rings (SSSR count). The van der Waals surface area contributed by atoms with Crippen molar-refractivity contribution in [3.05, 3.63) is 30.1 Å². The van der Waals surface area contributed by atoms with Crippen LogP contribution in [0.5, 0.6) is 0 Å². The number of hydrogen-bond acceptors (Lipinski definition) is 3. The monoisotopic (exact) mass is 204 g/mol. The van der Waals surface area contributed by atoms with Gasteiger partial charge in [-0.1, -0.05) is 6.08 Å². The van der Waals surface area contributed by atoms with Crippen LogP contribution in [-0.4, -0.2) is 34.7 Å². The lowest BCUT2D eigenvalue weighted by molar-refractivity contribution is -0.123. The molecule has 0 aliphatic carbocycles. The first-order chi connectivity index (χ1) is 7.13. The Morgan fingerprint density at radius 2 is 2.47 bits per heavy atom.